The Morgan fingerprint density at radius 3 is 1.90 bits per heavy atom. The average Bonchev–Trinajstić information content (AvgIpc) is 3.03. The van der Waals surface area contributed by atoms with E-state index < -0.39 is 46.8 Å². The Hall–Kier alpha value is -3.89. The monoisotopic (exact) mass is 573 g/mol. The van der Waals surface area contributed by atoms with Crippen LogP contribution in [0.25, 0.3) is 0 Å². The second-order valence-corrected chi connectivity index (χ2v) is 10.5. The van der Waals surface area contributed by atoms with E-state index >= 15 is 0 Å². The standard InChI is InChI=1S/C33H35NO8/c1-38-32(35)33(34(36)37)19-11-18-27-29(40-21-25-14-7-3-8-15-25)30(41-22-26-16-9-4-10-17-26)28(42-31(27)33)23-39-20-24-12-5-2-6-13-24/h2-18,27-31H,19-23H2,1H3/t27?,28-,29-,30-,31?,33?/m1/s1. The van der Waals surface area contributed by atoms with Crippen LogP contribution in [0, 0.1) is 16.0 Å². The van der Waals surface area contributed by atoms with E-state index in [1.54, 1.807) is 6.08 Å². The number of nitrogens with zero attached hydrogens (tertiary/aromatic N) is 1. The lowest BCUT2D eigenvalue weighted by molar-refractivity contribution is -0.575. The van der Waals surface area contributed by atoms with E-state index in [1.807, 2.05) is 97.1 Å². The van der Waals surface area contributed by atoms with Gasteiger partial charge in [0.2, 0.25) is 0 Å². The van der Waals surface area contributed by atoms with Gasteiger partial charge in [-0.25, -0.2) is 4.79 Å². The van der Waals surface area contributed by atoms with Crippen molar-refractivity contribution in [2.24, 2.45) is 5.92 Å². The lowest BCUT2D eigenvalue weighted by atomic mass is 9.71. The number of hydrogen-bond donors (Lipinski definition) is 0. The van der Waals surface area contributed by atoms with Crippen molar-refractivity contribution >= 4 is 5.97 Å². The molecular weight excluding hydrogens is 538 g/mol. The molecule has 1 saturated heterocycles. The molecule has 1 fully saturated rings. The molecule has 0 radical (unpaired) electrons. The van der Waals surface area contributed by atoms with Crippen molar-refractivity contribution in [1.29, 1.82) is 0 Å². The van der Waals surface area contributed by atoms with Crippen LogP contribution in [-0.4, -0.2) is 54.6 Å². The summed E-state index contributed by atoms with van der Waals surface area (Å²) in [5.41, 5.74) is 0.732. The molecule has 5 rings (SSSR count). The maximum absolute atomic E-state index is 13.1. The number of carbonyl (C=O) groups excluding carboxylic acids is 1. The molecule has 0 bridgehead atoms. The van der Waals surface area contributed by atoms with Crippen LogP contribution < -0.4 is 0 Å². The minimum atomic E-state index is -2.13. The highest BCUT2D eigenvalue weighted by atomic mass is 16.7. The fourth-order valence-electron chi connectivity index (χ4n) is 5.69. The molecule has 42 heavy (non-hydrogen) atoms. The smallest absolute Gasteiger partial charge is 0.387 e. The van der Waals surface area contributed by atoms with Crippen LogP contribution in [0.2, 0.25) is 0 Å². The molecule has 9 nitrogen and oxygen atoms in total. The summed E-state index contributed by atoms with van der Waals surface area (Å²) in [6.45, 7) is 0.900. The largest absolute Gasteiger partial charge is 0.464 e. The molecule has 9 heteroatoms. The van der Waals surface area contributed by atoms with Crippen molar-refractivity contribution in [3.8, 4) is 0 Å². The predicted octanol–water partition coefficient (Wildman–Crippen LogP) is 4.91. The zero-order chi connectivity index (χ0) is 29.4. The molecule has 1 heterocycles. The van der Waals surface area contributed by atoms with Gasteiger partial charge in [0.1, 0.15) is 18.3 Å². The fraction of sp³-hybridized carbons (Fsp3) is 0.364. The number of nitro groups is 1. The summed E-state index contributed by atoms with van der Waals surface area (Å²) >= 11 is 0. The van der Waals surface area contributed by atoms with Gasteiger partial charge >= 0.3 is 11.5 Å². The molecule has 0 aromatic heterocycles. The van der Waals surface area contributed by atoms with Crippen molar-refractivity contribution in [2.45, 2.75) is 56.2 Å². The van der Waals surface area contributed by atoms with Crippen LogP contribution in [0.5, 0.6) is 0 Å². The molecule has 3 aromatic rings. The van der Waals surface area contributed by atoms with Gasteiger partial charge in [0.15, 0.2) is 0 Å². The van der Waals surface area contributed by atoms with Gasteiger partial charge in [-0.05, 0) is 16.7 Å². The average molecular weight is 574 g/mol. The Bertz CT molecular complexity index is 1340. The first-order valence-corrected chi connectivity index (χ1v) is 14.0. The first kappa shape index (κ1) is 29.6. The van der Waals surface area contributed by atoms with E-state index in [1.165, 1.54) is 0 Å². The van der Waals surface area contributed by atoms with E-state index in [4.69, 9.17) is 23.7 Å². The second-order valence-electron chi connectivity index (χ2n) is 10.5. The van der Waals surface area contributed by atoms with Crippen LogP contribution in [0.4, 0.5) is 0 Å². The van der Waals surface area contributed by atoms with Crippen LogP contribution in [0.15, 0.2) is 103 Å². The van der Waals surface area contributed by atoms with Gasteiger partial charge in [-0.2, -0.15) is 0 Å². The highest BCUT2D eigenvalue weighted by molar-refractivity contribution is 5.81. The number of carbonyl (C=O) groups is 1. The van der Waals surface area contributed by atoms with Crippen LogP contribution in [0.3, 0.4) is 0 Å². The van der Waals surface area contributed by atoms with Crippen molar-refractivity contribution in [3.05, 3.63) is 130 Å². The number of benzene rings is 3. The summed E-state index contributed by atoms with van der Waals surface area (Å²) in [6.07, 6.45) is 0.0536. The van der Waals surface area contributed by atoms with Gasteiger partial charge in [0.05, 0.1) is 46.1 Å². The van der Waals surface area contributed by atoms with Crippen molar-refractivity contribution in [2.75, 3.05) is 13.7 Å². The van der Waals surface area contributed by atoms with Crippen molar-refractivity contribution < 1.29 is 33.4 Å². The summed E-state index contributed by atoms with van der Waals surface area (Å²) in [5, 5.41) is 12.6. The van der Waals surface area contributed by atoms with Gasteiger partial charge in [-0.15, -0.1) is 0 Å². The van der Waals surface area contributed by atoms with Gasteiger partial charge in [0.25, 0.3) is 0 Å². The van der Waals surface area contributed by atoms with Crippen LogP contribution in [0.1, 0.15) is 23.1 Å². The maximum atomic E-state index is 13.1. The Kier molecular flexibility index (Phi) is 9.76. The topological polar surface area (TPSA) is 106 Å². The van der Waals surface area contributed by atoms with E-state index in [2.05, 4.69) is 0 Å². The Labute approximate surface area is 245 Å². The molecule has 1 aliphatic heterocycles. The summed E-state index contributed by atoms with van der Waals surface area (Å²) in [4.78, 5) is 25.1. The number of ether oxygens (including phenoxy) is 5. The van der Waals surface area contributed by atoms with Gasteiger partial charge < -0.3 is 23.7 Å². The third kappa shape index (κ3) is 6.44. The highest BCUT2D eigenvalue weighted by Crippen LogP contribution is 2.43. The molecule has 220 valence electrons. The lowest BCUT2D eigenvalue weighted by Crippen LogP contribution is -2.68. The van der Waals surface area contributed by atoms with Crippen molar-refractivity contribution in [3.63, 3.8) is 0 Å². The first-order chi connectivity index (χ1) is 20.5. The normalized spacial score (nSPS) is 26.7. The van der Waals surface area contributed by atoms with Crippen LogP contribution in [-0.2, 0) is 48.3 Å². The minimum Gasteiger partial charge on any atom is -0.464 e. The molecular formula is C33H35NO8. The minimum absolute atomic E-state index is 0.0709. The Balaban J connectivity index is 1.48. The molecule has 3 unspecified atom stereocenters. The highest BCUT2D eigenvalue weighted by Gasteiger charge is 2.67. The number of rotatable bonds is 12. The maximum Gasteiger partial charge on any atom is 0.387 e. The molecule has 0 spiro atoms. The molecule has 0 N–H and O–H groups in total. The first-order valence-electron chi connectivity index (χ1n) is 14.0. The summed E-state index contributed by atoms with van der Waals surface area (Å²) < 4.78 is 30.6. The third-order valence-electron chi connectivity index (χ3n) is 7.83. The molecule has 6 atom stereocenters. The second kappa shape index (κ2) is 13.8. The quantitative estimate of drug-likeness (QED) is 0.130. The number of hydrogen-bond acceptors (Lipinski definition) is 8. The third-order valence-corrected chi connectivity index (χ3v) is 7.83. The van der Waals surface area contributed by atoms with E-state index in [0.29, 0.717) is 6.61 Å². The van der Waals surface area contributed by atoms with Gasteiger partial charge in [-0.3, -0.25) is 10.1 Å². The molecule has 0 amide bonds. The summed E-state index contributed by atoms with van der Waals surface area (Å²) in [7, 11) is 1.15. The van der Waals surface area contributed by atoms with Crippen LogP contribution >= 0.6 is 0 Å². The zero-order valence-electron chi connectivity index (χ0n) is 23.5. The van der Waals surface area contributed by atoms with E-state index in [0.717, 1.165) is 23.8 Å². The number of fused-ring (bicyclic) bond motifs is 1. The predicted molar refractivity (Wildman–Crippen MR) is 154 cm³/mol. The zero-order valence-corrected chi connectivity index (χ0v) is 23.5. The fourth-order valence-corrected chi connectivity index (χ4v) is 5.69. The molecule has 0 saturated carbocycles. The number of esters is 1. The van der Waals surface area contributed by atoms with Gasteiger partial charge in [-0.1, -0.05) is 103 Å². The SMILES string of the molecule is COC(=O)C1([N+](=O)[O-])CC=CC2C1O[C@H](COCc1ccccc1)[C@@H](OCc1ccccc1)[C@@H]2OCc1ccccc1. The van der Waals surface area contributed by atoms with E-state index in [-0.39, 0.29) is 26.2 Å². The molecule has 3 aromatic carbocycles. The summed E-state index contributed by atoms with van der Waals surface area (Å²) in [6, 6.07) is 29.1. The molecule has 1 aliphatic carbocycles. The van der Waals surface area contributed by atoms with E-state index in [9.17, 15) is 14.9 Å². The number of methoxy groups -OCH3 is 1. The molecule has 2 aliphatic rings. The summed E-state index contributed by atoms with van der Waals surface area (Å²) in [5.74, 6) is -1.61. The van der Waals surface area contributed by atoms with Gasteiger partial charge in [0, 0.05) is 10.8 Å². The Morgan fingerprint density at radius 2 is 1.38 bits per heavy atom. The lowest BCUT2D eigenvalue weighted by Gasteiger charge is -2.49. The Morgan fingerprint density at radius 1 is 0.857 bits per heavy atom. The van der Waals surface area contributed by atoms with Crippen molar-refractivity contribution in [1.82, 2.24) is 0 Å².